The first-order valence-corrected chi connectivity index (χ1v) is 10.6. The van der Waals surface area contributed by atoms with Crippen molar-refractivity contribution in [3.8, 4) is 0 Å². The average Bonchev–Trinajstić information content (AvgIpc) is 3.12. The van der Waals surface area contributed by atoms with Gasteiger partial charge in [0.05, 0.1) is 0 Å². The second-order valence-corrected chi connectivity index (χ2v) is 10.1. The lowest BCUT2D eigenvalue weighted by molar-refractivity contribution is -0.0741. The Morgan fingerprint density at radius 2 is 1.70 bits per heavy atom. The van der Waals surface area contributed by atoms with Crippen molar-refractivity contribution >= 4 is 0 Å². The van der Waals surface area contributed by atoms with Crippen LogP contribution >= 0.6 is 0 Å². The molecule has 3 fully saturated rings. The van der Waals surface area contributed by atoms with Crippen LogP contribution in [-0.2, 0) is 12.6 Å². The van der Waals surface area contributed by atoms with Gasteiger partial charge in [0.2, 0.25) is 0 Å². The summed E-state index contributed by atoms with van der Waals surface area (Å²) in [4.78, 5) is 12.2. The van der Waals surface area contributed by atoms with Gasteiger partial charge in [-0.25, -0.2) is 4.98 Å². The summed E-state index contributed by atoms with van der Waals surface area (Å²) in [5.74, 6) is 0.843. The zero-order valence-corrected chi connectivity index (χ0v) is 17.6. The van der Waals surface area contributed by atoms with Crippen molar-refractivity contribution < 1.29 is 5.11 Å². The van der Waals surface area contributed by atoms with Gasteiger partial charge in [-0.1, -0.05) is 13.8 Å². The Hall–Kier alpha value is -0.950. The molecular weight excluding hydrogens is 338 g/mol. The van der Waals surface area contributed by atoms with E-state index in [9.17, 15) is 5.11 Å². The Morgan fingerprint density at radius 3 is 2.26 bits per heavy atom. The van der Waals surface area contributed by atoms with Crippen molar-refractivity contribution in [1.29, 1.82) is 0 Å². The standard InChI is InChI=1S/C21H37N5O/c1-20(2,15-25-11-9-23(3)10-12-25)16-26-17-5-6-18(26)14-21(27,13-17)19-22-7-8-24(19)4/h7-8,17-18,27H,5-6,9-16H2,1-4H3/t17-,18-/m1/s1. The summed E-state index contributed by atoms with van der Waals surface area (Å²) >= 11 is 0. The van der Waals surface area contributed by atoms with Crippen molar-refractivity contribution in [2.24, 2.45) is 12.5 Å². The molecule has 27 heavy (non-hydrogen) atoms. The maximum atomic E-state index is 11.4. The van der Waals surface area contributed by atoms with Crippen LogP contribution in [0.3, 0.4) is 0 Å². The van der Waals surface area contributed by atoms with Crippen LogP contribution in [0.15, 0.2) is 12.4 Å². The molecular formula is C21H37N5O. The second-order valence-electron chi connectivity index (χ2n) is 10.1. The van der Waals surface area contributed by atoms with Crippen LogP contribution in [0, 0.1) is 5.41 Å². The fraction of sp³-hybridized carbons (Fsp3) is 0.857. The second kappa shape index (κ2) is 7.14. The van der Waals surface area contributed by atoms with Gasteiger partial charge in [-0.05, 0) is 38.1 Å². The van der Waals surface area contributed by atoms with E-state index in [0.717, 1.165) is 25.2 Å². The maximum Gasteiger partial charge on any atom is 0.140 e. The van der Waals surface area contributed by atoms with Gasteiger partial charge in [0, 0.05) is 70.8 Å². The molecule has 0 spiro atoms. The molecule has 0 radical (unpaired) electrons. The molecule has 6 nitrogen and oxygen atoms in total. The molecule has 4 heterocycles. The molecule has 6 heteroatoms. The smallest absolute Gasteiger partial charge is 0.140 e. The van der Waals surface area contributed by atoms with E-state index in [1.165, 1.54) is 45.6 Å². The van der Waals surface area contributed by atoms with Gasteiger partial charge in [0.25, 0.3) is 0 Å². The summed E-state index contributed by atoms with van der Waals surface area (Å²) in [6.07, 6.45) is 7.81. The van der Waals surface area contributed by atoms with Gasteiger partial charge in [-0.15, -0.1) is 0 Å². The topological polar surface area (TPSA) is 47.8 Å². The minimum absolute atomic E-state index is 0.273. The quantitative estimate of drug-likeness (QED) is 0.845. The van der Waals surface area contributed by atoms with Crippen LogP contribution in [0.2, 0.25) is 0 Å². The maximum absolute atomic E-state index is 11.4. The van der Waals surface area contributed by atoms with Crippen molar-refractivity contribution in [3.63, 3.8) is 0 Å². The summed E-state index contributed by atoms with van der Waals surface area (Å²) in [6.45, 7) is 11.9. The number of likely N-dealkylation sites (N-methyl/N-ethyl adjacent to an activating group) is 1. The van der Waals surface area contributed by atoms with Gasteiger partial charge in [-0.3, -0.25) is 4.90 Å². The lowest BCUT2D eigenvalue weighted by atomic mass is 9.83. The number of hydrogen-bond acceptors (Lipinski definition) is 5. The molecule has 4 rings (SSSR count). The Morgan fingerprint density at radius 1 is 1.07 bits per heavy atom. The van der Waals surface area contributed by atoms with E-state index in [1.54, 1.807) is 6.20 Å². The van der Waals surface area contributed by atoms with Crippen LogP contribution in [0.1, 0.15) is 45.4 Å². The highest BCUT2D eigenvalue weighted by atomic mass is 16.3. The van der Waals surface area contributed by atoms with Crippen molar-refractivity contribution in [1.82, 2.24) is 24.3 Å². The van der Waals surface area contributed by atoms with Gasteiger partial charge >= 0.3 is 0 Å². The van der Waals surface area contributed by atoms with E-state index < -0.39 is 5.60 Å². The number of rotatable bonds is 5. The van der Waals surface area contributed by atoms with E-state index in [1.807, 2.05) is 17.8 Å². The first-order chi connectivity index (χ1) is 12.8. The molecule has 2 atom stereocenters. The molecule has 0 amide bonds. The van der Waals surface area contributed by atoms with Crippen molar-refractivity contribution in [2.45, 2.75) is 57.2 Å². The summed E-state index contributed by atoms with van der Waals surface area (Å²) in [5.41, 5.74) is -0.488. The van der Waals surface area contributed by atoms with Crippen LogP contribution in [-0.4, -0.2) is 87.8 Å². The number of aryl methyl sites for hydroxylation is 1. The van der Waals surface area contributed by atoms with E-state index in [-0.39, 0.29) is 5.41 Å². The molecule has 0 aromatic carbocycles. The number of piperidine rings is 1. The predicted molar refractivity (Wildman–Crippen MR) is 108 cm³/mol. The normalized spacial score (nSPS) is 33.7. The lowest BCUT2D eigenvalue weighted by Crippen LogP contribution is -2.55. The molecule has 3 aliphatic rings. The minimum Gasteiger partial charge on any atom is -0.382 e. The lowest BCUT2D eigenvalue weighted by Gasteiger charge is -2.47. The van der Waals surface area contributed by atoms with Crippen molar-refractivity contribution in [2.75, 3.05) is 46.3 Å². The molecule has 3 saturated heterocycles. The van der Waals surface area contributed by atoms with Gasteiger partial charge in [0.1, 0.15) is 11.4 Å². The SMILES string of the molecule is CN1CCN(CC(C)(C)CN2[C@@H]3CC[C@@H]2CC(O)(c2nccn2C)C3)CC1. The Bertz CT molecular complexity index is 635. The molecule has 0 unspecified atom stereocenters. The number of imidazole rings is 1. The third-order valence-corrected chi connectivity index (χ3v) is 7.01. The average molecular weight is 376 g/mol. The fourth-order valence-corrected chi connectivity index (χ4v) is 5.73. The molecule has 152 valence electrons. The summed E-state index contributed by atoms with van der Waals surface area (Å²) in [6, 6.07) is 0.967. The largest absolute Gasteiger partial charge is 0.382 e. The monoisotopic (exact) mass is 375 g/mol. The molecule has 1 aromatic heterocycles. The minimum atomic E-state index is -0.762. The highest BCUT2D eigenvalue weighted by molar-refractivity contribution is 5.12. The number of fused-ring (bicyclic) bond motifs is 2. The van der Waals surface area contributed by atoms with Crippen LogP contribution in [0.4, 0.5) is 0 Å². The Kier molecular flexibility index (Phi) is 5.12. The van der Waals surface area contributed by atoms with E-state index >= 15 is 0 Å². The number of piperazine rings is 1. The Balaban J connectivity index is 1.40. The molecule has 0 aliphatic carbocycles. The van der Waals surface area contributed by atoms with E-state index in [2.05, 4.69) is 40.6 Å². The molecule has 2 bridgehead atoms. The third kappa shape index (κ3) is 3.95. The number of aliphatic hydroxyl groups is 1. The molecule has 1 N–H and O–H groups in total. The first kappa shape index (κ1) is 19.4. The number of hydrogen-bond donors (Lipinski definition) is 1. The summed E-state index contributed by atoms with van der Waals surface area (Å²) in [7, 11) is 4.21. The van der Waals surface area contributed by atoms with E-state index in [0.29, 0.717) is 12.1 Å². The van der Waals surface area contributed by atoms with Gasteiger partial charge in [-0.2, -0.15) is 0 Å². The molecule has 1 aromatic rings. The van der Waals surface area contributed by atoms with Crippen molar-refractivity contribution in [3.05, 3.63) is 18.2 Å². The molecule has 3 aliphatic heterocycles. The first-order valence-electron chi connectivity index (χ1n) is 10.6. The third-order valence-electron chi connectivity index (χ3n) is 7.01. The fourth-order valence-electron chi connectivity index (χ4n) is 5.73. The Labute approximate surface area is 164 Å². The van der Waals surface area contributed by atoms with Crippen LogP contribution < -0.4 is 0 Å². The van der Waals surface area contributed by atoms with Crippen LogP contribution in [0.5, 0.6) is 0 Å². The number of nitrogens with zero attached hydrogens (tertiary/aromatic N) is 5. The number of aromatic nitrogens is 2. The van der Waals surface area contributed by atoms with E-state index in [4.69, 9.17) is 0 Å². The zero-order chi connectivity index (χ0) is 19.2. The predicted octanol–water partition coefficient (Wildman–Crippen LogP) is 1.51. The highest BCUT2D eigenvalue weighted by Gasteiger charge is 2.50. The van der Waals surface area contributed by atoms with Gasteiger partial charge < -0.3 is 19.5 Å². The molecule has 0 saturated carbocycles. The van der Waals surface area contributed by atoms with Crippen LogP contribution in [0.25, 0.3) is 0 Å². The zero-order valence-electron chi connectivity index (χ0n) is 17.6. The van der Waals surface area contributed by atoms with Gasteiger partial charge in [0.15, 0.2) is 0 Å². The summed E-state index contributed by atoms with van der Waals surface area (Å²) in [5, 5.41) is 11.4. The summed E-state index contributed by atoms with van der Waals surface area (Å²) < 4.78 is 1.99. The highest BCUT2D eigenvalue weighted by Crippen LogP contribution is 2.46.